The van der Waals surface area contributed by atoms with Crippen LogP contribution < -0.4 is 10.1 Å². The van der Waals surface area contributed by atoms with Gasteiger partial charge in [0.05, 0.1) is 18.9 Å². The molecule has 0 aliphatic carbocycles. The summed E-state index contributed by atoms with van der Waals surface area (Å²) in [4.78, 5) is 33.2. The van der Waals surface area contributed by atoms with E-state index in [9.17, 15) is 9.59 Å². The maximum absolute atomic E-state index is 13.5. The molecule has 1 saturated heterocycles. The number of imidazole rings is 1. The Morgan fingerprint density at radius 1 is 1.12 bits per heavy atom. The molecule has 0 saturated carbocycles. The van der Waals surface area contributed by atoms with Gasteiger partial charge in [-0.05, 0) is 62.2 Å². The maximum atomic E-state index is 13.5. The van der Waals surface area contributed by atoms with Crippen molar-refractivity contribution in [3.05, 3.63) is 95.1 Å². The summed E-state index contributed by atoms with van der Waals surface area (Å²) in [6, 6.07) is 22.2. The van der Waals surface area contributed by atoms with Gasteiger partial charge in [-0.2, -0.15) is 0 Å². The van der Waals surface area contributed by atoms with E-state index >= 15 is 0 Å². The first-order chi connectivity index (χ1) is 19.4. The van der Waals surface area contributed by atoms with Crippen LogP contribution in [0.25, 0.3) is 16.9 Å². The van der Waals surface area contributed by atoms with Gasteiger partial charge in [-0.25, -0.2) is 4.98 Å². The smallest absolute Gasteiger partial charge is 0.254 e. The third-order valence-electron chi connectivity index (χ3n) is 6.80. The maximum Gasteiger partial charge on any atom is 0.254 e. The van der Waals surface area contributed by atoms with Gasteiger partial charge in [0.1, 0.15) is 12.3 Å². The van der Waals surface area contributed by atoms with Crippen molar-refractivity contribution in [2.45, 2.75) is 25.9 Å². The first-order valence-electron chi connectivity index (χ1n) is 13.2. The normalized spacial score (nSPS) is 14.6. The summed E-state index contributed by atoms with van der Waals surface area (Å²) in [7, 11) is 1.55. The second kappa shape index (κ2) is 12.4. The van der Waals surface area contributed by atoms with E-state index in [-0.39, 0.29) is 24.5 Å². The number of carbonyl (C=O) groups is 2. The van der Waals surface area contributed by atoms with Crippen molar-refractivity contribution in [2.24, 2.45) is 0 Å². The van der Waals surface area contributed by atoms with Gasteiger partial charge in [0.15, 0.2) is 0 Å². The van der Waals surface area contributed by atoms with Crippen LogP contribution in [0.4, 0.5) is 5.95 Å². The number of halogens is 1. The van der Waals surface area contributed by atoms with E-state index in [1.807, 2.05) is 54.1 Å². The molecule has 3 aromatic carbocycles. The number of nitrogens with zero attached hydrogens (tertiary/aromatic N) is 3. The highest BCUT2D eigenvalue weighted by Crippen LogP contribution is 2.26. The zero-order valence-corrected chi connectivity index (χ0v) is 23.2. The Morgan fingerprint density at radius 2 is 1.90 bits per heavy atom. The van der Waals surface area contributed by atoms with Crippen molar-refractivity contribution in [3.8, 4) is 22.7 Å². The molecule has 1 atom stereocenters. The van der Waals surface area contributed by atoms with Crippen LogP contribution in [-0.2, 0) is 9.53 Å². The van der Waals surface area contributed by atoms with Crippen LogP contribution in [-0.4, -0.2) is 59.2 Å². The molecule has 206 valence electrons. The summed E-state index contributed by atoms with van der Waals surface area (Å²) in [6.07, 6.45) is 3.52. The third-order valence-corrected chi connectivity index (χ3v) is 7.05. The second-order valence-electron chi connectivity index (χ2n) is 9.76. The van der Waals surface area contributed by atoms with E-state index in [2.05, 4.69) is 5.32 Å². The van der Waals surface area contributed by atoms with Crippen LogP contribution in [0, 0.1) is 6.92 Å². The Kier molecular flexibility index (Phi) is 8.48. The molecule has 4 aromatic rings. The number of methoxy groups -OCH3 is 1. The van der Waals surface area contributed by atoms with Gasteiger partial charge in [-0.15, -0.1) is 0 Å². The highest BCUT2D eigenvalue weighted by molar-refractivity contribution is 6.30. The van der Waals surface area contributed by atoms with Crippen LogP contribution in [0.1, 0.15) is 28.8 Å². The Morgan fingerprint density at radius 3 is 2.60 bits per heavy atom. The van der Waals surface area contributed by atoms with E-state index in [1.54, 1.807) is 43.5 Å². The summed E-state index contributed by atoms with van der Waals surface area (Å²) >= 11 is 6.08. The molecule has 1 fully saturated rings. The average molecular weight is 559 g/mol. The fourth-order valence-electron chi connectivity index (χ4n) is 4.66. The van der Waals surface area contributed by atoms with Crippen molar-refractivity contribution < 1.29 is 19.1 Å². The van der Waals surface area contributed by atoms with Crippen molar-refractivity contribution >= 4 is 29.4 Å². The molecule has 2 heterocycles. The molecule has 0 bridgehead atoms. The van der Waals surface area contributed by atoms with Gasteiger partial charge in [-0.1, -0.05) is 47.5 Å². The van der Waals surface area contributed by atoms with E-state index in [0.717, 1.165) is 29.7 Å². The van der Waals surface area contributed by atoms with E-state index in [0.29, 0.717) is 41.1 Å². The van der Waals surface area contributed by atoms with Gasteiger partial charge in [-0.3, -0.25) is 19.5 Å². The minimum atomic E-state index is -0.365. The zero-order valence-electron chi connectivity index (χ0n) is 22.5. The minimum Gasteiger partial charge on any atom is -0.497 e. The van der Waals surface area contributed by atoms with E-state index in [1.165, 1.54) is 4.90 Å². The Balaban J connectivity index is 1.41. The number of anilines is 1. The lowest BCUT2D eigenvalue weighted by Crippen LogP contribution is -2.42. The van der Waals surface area contributed by atoms with Crippen molar-refractivity contribution in [1.82, 2.24) is 14.5 Å². The first kappa shape index (κ1) is 27.4. The molecule has 5 rings (SSSR count). The predicted molar refractivity (Wildman–Crippen MR) is 155 cm³/mol. The topological polar surface area (TPSA) is 85.7 Å². The molecule has 8 nitrogen and oxygen atoms in total. The van der Waals surface area contributed by atoms with Crippen LogP contribution in [0.5, 0.6) is 5.75 Å². The molecule has 1 N–H and O–H groups in total. The summed E-state index contributed by atoms with van der Waals surface area (Å²) in [5.74, 6) is 0.288. The molecule has 1 aliphatic rings. The van der Waals surface area contributed by atoms with Crippen molar-refractivity contribution in [3.63, 3.8) is 0 Å². The molecule has 40 heavy (non-hydrogen) atoms. The lowest BCUT2D eigenvalue weighted by Gasteiger charge is -2.25. The number of aryl methyl sites for hydroxylation is 1. The molecule has 1 aliphatic heterocycles. The quantitative estimate of drug-likeness (QED) is 0.282. The highest BCUT2D eigenvalue weighted by Gasteiger charge is 2.26. The van der Waals surface area contributed by atoms with Crippen molar-refractivity contribution in [2.75, 3.05) is 32.1 Å². The van der Waals surface area contributed by atoms with Gasteiger partial charge < -0.3 is 14.4 Å². The Hall–Kier alpha value is -4.14. The van der Waals surface area contributed by atoms with Crippen LogP contribution >= 0.6 is 11.6 Å². The average Bonchev–Trinajstić information content (AvgIpc) is 3.63. The van der Waals surface area contributed by atoms with E-state index in [4.69, 9.17) is 26.1 Å². The number of aromatic nitrogens is 2. The second-order valence-corrected chi connectivity index (χ2v) is 10.2. The predicted octanol–water partition coefficient (Wildman–Crippen LogP) is 5.77. The number of nitrogens with one attached hydrogen (secondary N) is 1. The van der Waals surface area contributed by atoms with Crippen molar-refractivity contribution in [1.29, 1.82) is 0 Å². The van der Waals surface area contributed by atoms with Gasteiger partial charge in [0, 0.05) is 41.2 Å². The number of rotatable bonds is 9. The third kappa shape index (κ3) is 6.52. The summed E-state index contributed by atoms with van der Waals surface area (Å²) in [6.45, 7) is 2.82. The Labute approximate surface area is 238 Å². The lowest BCUT2D eigenvalue weighted by atomic mass is 10.1. The summed E-state index contributed by atoms with van der Waals surface area (Å²) in [5.41, 5.74) is 3.94. The lowest BCUT2D eigenvalue weighted by molar-refractivity contribution is -0.117. The number of hydrogen-bond donors (Lipinski definition) is 1. The molecule has 0 spiro atoms. The Bertz CT molecular complexity index is 1480. The van der Waals surface area contributed by atoms with Gasteiger partial charge >= 0.3 is 0 Å². The first-order valence-corrected chi connectivity index (χ1v) is 13.5. The SMILES string of the molecule is COc1cccc(C(=O)N(CC(=O)Nc2nc(-c3ccc(Cl)cc3)cn2-c2ccc(C)cc2)C[C@H]2CCCO2)c1. The molecule has 1 aromatic heterocycles. The number of hydrogen-bond acceptors (Lipinski definition) is 5. The zero-order chi connectivity index (χ0) is 28.1. The summed E-state index contributed by atoms with van der Waals surface area (Å²) < 4.78 is 12.9. The number of amides is 2. The fourth-order valence-corrected chi connectivity index (χ4v) is 4.79. The molecular weight excluding hydrogens is 528 g/mol. The standard InChI is InChI=1S/C31H31ClN4O4/c1-21-8-14-25(15-9-21)36-19-28(22-10-12-24(32)13-11-22)33-31(36)34-29(37)20-35(18-27-7-4-16-40-27)30(38)23-5-3-6-26(17-23)39-2/h3,5-6,8-15,17,19,27H,4,7,16,18,20H2,1-2H3,(H,33,34,37)/t27-/m1/s1. The highest BCUT2D eigenvalue weighted by atomic mass is 35.5. The van der Waals surface area contributed by atoms with Gasteiger partial charge in [0.2, 0.25) is 11.9 Å². The minimum absolute atomic E-state index is 0.117. The van der Waals surface area contributed by atoms with Crippen LogP contribution in [0.15, 0.2) is 79.0 Å². The number of ether oxygens (including phenoxy) is 2. The fraction of sp³-hybridized carbons (Fsp3) is 0.258. The van der Waals surface area contributed by atoms with Gasteiger partial charge in [0.25, 0.3) is 5.91 Å². The largest absolute Gasteiger partial charge is 0.497 e. The van der Waals surface area contributed by atoms with E-state index < -0.39 is 0 Å². The van der Waals surface area contributed by atoms with Crippen LogP contribution in [0.2, 0.25) is 5.02 Å². The molecule has 9 heteroatoms. The number of benzene rings is 3. The molecule has 0 unspecified atom stereocenters. The number of carbonyl (C=O) groups excluding carboxylic acids is 2. The molecular formula is C31H31ClN4O4. The summed E-state index contributed by atoms with van der Waals surface area (Å²) in [5, 5.41) is 3.56. The molecule has 0 radical (unpaired) electrons. The molecule has 2 amide bonds. The van der Waals surface area contributed by atoms with Crippen LogP contribution in [0.3, 0.4) is 0 Å². The monoisotopic (exact) mass is 558 g/mol.